The van der Waals surface area contributed by atoms with Crippen LogP contribution < -0.4 is 35.3 Å². The zero-order valence-corrected chi connectivity index (χ0v) is 14.3. The minimum Gasteiger partial charge on any atom is -1.00 e. The molecule has 0 amide bonds. The number of benzene rings is 1. The fourth-order valence-corrected chi connectivity index (χ4v) is 0.539. The summed E-state index contributed by atoms with van der Waals surface area (Å²) in [6.07, 6.45) is 0. The second-order valence-corrected chi connectivity index (χ2v) is 1.82. The van der Waals surface area contributed by atoms with Crippen molar-refractivity contribution in [3.05, 3.63) is 34.7 Å². The van der Waals surface area contributed by atoms with Crippen molar-refractivity contribution in [2.45, 2.75) is 0 Å². The minimum atomic E-state index is 0. The Morgan fingerprint density at radius 1 is 0.667 bits per heavy atom. The molecule has 0 N–H and O–H groups in total. The molecule has 0 spiro atoms. The Morgan fingerprint density at radius 3 is 1.00 bits per heavy atom. The van der Waals surface area contributed by atoms with E-state index in [1.165, 1.54) is 0 Å². The first kappa shape index (κ1) is 23.0. The zero-order valence-electron chi connectivity index (χ0n) is 6.89. The van der Waals surface area contributed by atoms with E-state index < -0.39 is 0 Å². The average Bonchev–Trinajstić information content (AvgIpc) is 1.77. The maximum Gasteiger partial charge on any atom is 0 e. The van der Waals surface area contributed by atoms with Crippen molar-refractivity contribution in [3.8, 4) is 0 Å². The molecular weight excluding hydrogens is 298 g/mol. The Bertz CT molecular complexity index is 222. The van der Waals surface area contributed by atoms with E-state index in [0.717, 1.165) is 10.4 Å². The SMILES string of the molecule is C=c1ccc(=C)cc1.[Cl-].[Cl-].[Zn].[Zn]. The van der Waals surface area contributed by atoms with E-state index in [1.54, 1.807) is 0 Å². The predicted octanol–water partition coefficient (Wildman–Crippen LogP) is -5.49. The van der Waals surface area contributed by atoms with Crippen molar-refractivity contribution >= 4 is 13.2 Å². The maximum absolute atomic E-state index is 3.73. The summed E-state index contributed by atoms with van der Waals surface area (Å²) in [4.78, 5) is 0. The van der Waals surface area contributed by atoms with Crippen LogP contribution in [0.15, 0.2) is 24.3 Å². The van der Waals surface area contributed by atoms with E-state index in [-0.39, 0.29) is 63.8 Å². The molecule has 0 aromatic heterocycles. The molecule has 60 valence electrons. The van der Waals surface area contributed by atoms with Crippen molar-refractivity contribution in [2.75, 3.05) is 0 Å². The summed E-state index contributed by atoms with van der Waals surface area (Å²) in [6, 6.07) is 7.79. The molecule has 4 heteroatoms. The number of rotatable bonds is 0. The van der Waals surface area contributed by atoms with E-state index >= 15 is 0 Å². The van der Waals surface area contributed by atoms with Crippen LogP contribution >= 0.6 is 0 Å². The molecule has 0 atom stereocenters. The van der Waals surface area contributed by atoms with Gasteiger partial charge in [-0.1, -0.05) is 37.4 Å². The molecule has 1 rings (SSSR count). The van der Waals surface area contributed by atoms with E-state index in [2.05, 4.69) is 13.2 Å². The van der Waals surface area contributed by atoms with Gasteiger partial charge in [0.25, 0.3) is 0 Å². The third-order valence-corrected chi connectivity index (χ3v) is 1.02. The van der Waals surface area contributed by atoms with Crippen LogP contribution in [0.1, 0.15) is 0 Å². The molecule has 0 bridgehead atoms. The van der Waals surface area contributed by atoms with Crippen LogP contribution in [0.2, 0.25) is 0 Å². The number of hydrogen-bond acceptors (Lipinski definition) is 0. The second-order valence-electron chi connectivity index (χ2n) is 1.82. The van der Waals surface area contributed by atoms with Gasteiger partial charge in [0.15, 0.2) is 0 Å². The fraction of sp³-hybridized carbons (Fsp3) is 0. The molecule has 0 saturated carbocycles. The van der Waals surface area contributed by atoms with Gasteiger partial charge in [-0.3, -0.25) is 0 Å². The van der Waals surface area contributed by atoms with Gasteiger partial charge >= 0.3 is 0 Å². The van der Waals surface area contributed by atoms with Crippen LogP contribution in [-0.4, -0.2) is 0 Å². The van der Waals surface area contributed by atoms with Gasteiger partial charge in [0, 0.05) is 39.0 Å². The van der Waals surface area contributed by atoms with Crippen LogP contribution in [0.5, 0.6) is 0 Å². The first-order valence-corrected chi connectivity index (χ1v) is 2.53. The predicted molar refractivity (Wildman–Crippen MR) is 36.7 cm³/mol. The molecule has 0 heterocycles. The van der Waals surface area contributed by atoms with Gasteiger partial charge < -0.3 is 24.8 Å². The second kappa shape index (κ2) is 11.8. The molecule has 1 aromatic carbocycles. The first-order chi connectivity index (χ1) is 3.79. The van der Waals surface area contributed by atoms with Crippen LogP contribution in [0, 0.1) is 0 Å². The van der Waals surface area contributed by atoms with Gasteiger partial charge in [0.1, 0.15) is 0 Å². The van der Waals surface area contributed by atoms with Crippen LogP contribution in [-0.2, 0) is 39.0 Å². The molecule has 12 heavy (non-hydrogen) atoms. The molecule has 1 aromatic rings. The summed E-state index contributed by atoms with van der Waals surface area (Å²) in [5.74, 6) is 0. The van der Waals surface area contributed by atoms with Crippen molar-refractivity contribution in [3.63, 3.8) is 0 Å². The van der Waals surface area contributed by atoms with E-state index in [4.69, 9.17) is 0 Å². The Hall–Kier alpha value is 0.787. The normalized spacial score (nSPS) is 6.00. The summed E-state index contributed by atoms with van der Waals surface area (Å²) in [6.45, 7) is 7.47. The van der Waals surface area contributed by atoms with Crippen molar-refractivity contribution < 1.29 is 63.8 Å². The molecule has 0 fully saturated rings. The summed E-state index contributed by atoms with van der Waals surface area (Å²) >= 11 is 0. The third-order valence-electron chi connectivity index (χ3n) is 1.02. The van der Waals surface area contributed by atoms with Gasteiger partial charge in [-0.05, 0) is 10.4 Å². The third kappa shape index (κ3) is 8.88. The van der Waals surface area contributed by atoms with Gasteiger partial charge in [-0.15, -0.1) is 0 Å². The van der Waals surface area contributed by atoms with Crippen LogP contribution in [0.25, 0.3) is 13.2 Å². The average molecular weight is 306 g/mol. The van der Waals surface area contributed by atoms with Crippen molar-refractivity contribution in [1.82, 2.24) is 0 Å². The molecule has 0 unspecified atom stereocenters. The number of hydrogen-bond donors (Lipinski definition) is 0. The van der Waals surface area contributed by atoms with Gasteiger partial charge in [-0.2, -0.15) is 0 Å². The van der Waals surface area contributed by atoms with Crippen molar-refractivity contribution in [1.29, 1.82) is 0 Å². The summed E-state index contributed by atoms with van der Waals surface area (Å²) < 4.78 is 0. The molecular formula is C8H8Cl2Zn2-2. The quantitative estimate of drug-likeness (QED) is 0.420. The number of halogens is 2. The summed E-state index contributed by atoms with van der Waals surface area (Å²) in [5.41, 5.74) is 0. The Morgan fingerprint density at radius 2 is 0.833 bits per heavy atom. The largest absolute Gasteiger partial charge is 1.00 e. The van der Waals surface area contributed by atoms with E-state index in [1.807, 2.05) is 24.3 Å². The summed E-state index contributed by atoms with van der Waals surface area (Å²) in [7, 11) is 0. The van der Waals surface area contributed by atoms with Gasteiger partial charge in [0.2, 0.25) is 0 Å². The topological polar surface area (TPSA) is 0 Å². The van der Waals surface area contributed by atoms with E-state index in [0.29, 0.717) is 0 Å². The Balaban J connectivity index is -0.0000000800. The molecule has 0 aliphatic rings. The maximum atomic E-state index is 3.73. The Labute approximate surface area is 111 Å². The standard InChI is InChI=1S/C8H8.2ClH.2Zn/c1-7-3-5-8(2)6-4-7;;;;/h3-6H,1-2H2;2*1H;;/p-2. The zero-order chi connectivity index (χ0) is 5.98. The molecule has 0 aliphatic heterocycles. The summed E-state index contributed by atoms with van der Waals surface area (Å²) in [5, 5.41) is 2.08. The van der Waals surface area contributed by atoms with Crippen LogP contribution in [0.4, 0.5) is 0 Å². The fourth-order valence-electron chi connectivity index (χ4n) is 0.539. The smallest absolute Gasteiger partial charge is 0 e. The van der Waals surface area contributed by atoms with Crippen molar-refractivity contribution in [2.24, 2.45) is 0 Å². The molecule has 0 nitrogen and oxygen atoms in total. The Kier molecular flexibility index (Phi) is 22.6. The van der Waals surface area contributed by atoms with Crippen LogP contribution in [0.3, 0.4) is 0 Å². The molecule has 0 radical (unpaired) electrons. The first-order valence-electron chi connectivity index (χ1n) is 2.53. The monoisotopic (exact) mass is 302 g/mol. The minimum absolute atomic E-state index is 0. The molecule has 0 aliphatic carbocycles. The van der Waals surface area contributed by atoms with Gasteiger partial charge in [-0.25, -0.2) is 0 Å². The van der Waals surface area contributed by atoms with Gasteiger partial charge in [0.05, 0.1) is 0 Å². The van der Waals surface area contributed by atoms with E-state index in [9.17, 15) is 0 Å². The molecule has 0 saturated heterocycles.